The molecule has 1 aromatic carbocycles. The van der Waals surface area contributed by atoms with E-state index in [-0.39, 0.29) is 11.6 Å². The number of Topliss-reactive ketones (excluding diaryl/α,β-unsaturated/α-hetero) is 1. The summed E-state index contributed by atoms with van der Waals surface area (Å²) in [6.07, 6.45) is -3.12. The molecule has 0 saturated carbocycles. The Balaban J connectivity index is 2.87. The number of carboxylic acid groups (broad SMARTS) is 1. The fourth-order valence-electron chi connectivity index (χ4n) is 1.53. The fourth-order valence-corrected chi connectivity index (χ4v) is 1.53. The van der Waals surface area contributed by atoms with Crippen molar-refractivity contribution in [2.24, 2.45) is 0 Å². The zero-order chi connectivity index (χ0) is 17.8. The SMILES string of the molecule is CC(=O)C(NC(=O)/C=C/c1ccc(C(F)(F)F)cc1F)C(=O)O. The molecular weight excluding hydrogens is 322 g/mol. The maximum absolute atomic E-state index is 13.5. The van der Waals surface area contributed by atoms with Crippen molar-refractivity contribution >= 4 is 23.7 Å². The van der Waals surface area contributed by atoms with Crippen molar-refractivity contribution in [1.29, 1.82) is 0 Å². The number of nitrogens with one attached hydrogen (secondary N) is 1. The van der Waals surface area contributed by atoms with E-state index >= 15 is 0 Å². The lowest BCUT2D eigenvalue weighted by molar-refractivity contribution is -0.144. The number of ketones is 1. The molecule has 9 heteroatoms. The molecule has 23 heavy (non-hydrogen) atoms. The number of carbonyl (C=O) groups is 3. The average molecular weight is 333 g/mol. The summed E-state index contributed by atoms with van der Waals surface area (Å²) in [4.78, 5) is 33.2. The van der Waals surface area contributed by atoms with Crippen LogP contribution in [0.4, 0.5) is 17.6 Å². The monoisotopic (exact) mass is 333 g/mol. The molecule has 0 aliphatic heterocycles. The van der Waals surface area contributed by atoms with E-state index in [4.69, 9.17) is 5.11 Å². The van der Waals surface area contributed by atoms with Crippen LogP contribution in [0.5, 0.6) is 0 Å². The number of carboxylic acids is 1. The first-order valence-electron chi connectivity index (χ1n) is 6.11. The Labute approximate surface area is 127 Å². The number of hydrogen-bond acceptors (Lipinski definition) is 3. The molecule has 0 spiro atoms. The molecule has 0 aromatic heterocycles. The van der Waals surface area contributed by atoms with Crippen molar-refractivity contribution in [2.45, 2.75) is 19.1 Å². The minimum atomic E-state index is -4.70. The van der Waals surface area contributed by atoms with Crippen LogP contribution in [0.2, 0.25) is 0 Å². The van der Waals surface area contributed by atoms with Gasteiger partial charge in [-0.05, 0) is 25.1 Å². The standard InChI is InChI=1S/C14H11F4NO4/c1-7(20)12(13(22)23)19-11(21)5-3-8-2-4-9(6-10(8)15)14(16,17)18/h2-6,12H,1H3,(H,19,21)(H,22,23)/b5-3+. The topological polar surface area (TPSA) is 83.5 Å². The first-order valence-corrected chi connectivity index (χ1v) is 6.11. The van der Waals surface area contributed by atoms with Gasteiger partial charge in [-0.1, -0.05) is 6.07 Å². The van der Waals surface area contributed by atoms with Crippen molar-refractivity contribution in [1.82, 2.24) is 5.32 Å². The van der Waals surface area contributed by atoms with Gasteiger partial charge in [0, 0.05) is 11.6 Å². The van der Waals surface area contributed by atoms with E-state index in [1.54, 1.807) is 0 Å². The molecule has 5 nitrogen and oxygen atoms in total. The van der Waals surface area contributed by atoms with Crippen LogP contribution in [-0.2, 0) is 20.6 Å². The molecule has 0 radical (unpaired) electrons. The molecule has 0 saturated heterocycles. The lowest BCUT2D eigenvalue weighted by atomic mass is 10.1. The number of halogens is 4. The first kappa shape index (κ1) is 18.3. The van der Waals surface area contributed by atoms with Crippen LogP contribution >= 0.6 is 0 Å². The summed E-state index contributed by atoms with van der Waals surface area (Å²) < 4.78 is 50.6. The van der Waals surface area contributed by atoms with E-state index in [1.807, 2.05) is 5.32 Å². The molecule has 0 aliphatic carbocycles. The van der Waals surface area contributed by atoms with Gasteiger partial charge in [0.25, 0.3) is 0 Å². The van der Waals surface area contributed by atoms with Crippen molar-refractivity contribution in [3.8, 4) is 0 Å². The molecule has 0 bridgehead atoms. The Hall–Kier alpha value is -2.71. The van der Waals surface area contributed by atoms with Gasteiger partial charge in [0.2, 0.25) is 5.91 Å². The predicted octanol–water partition coefficient (Wildman–Crippen LogP) is 2.02. The third-order valence-electron chi connectivity index (χ3n) is 2.68. The number of aliphatic carboxylic acids is 1. The molecule has 2 N–H and O–H groups in total. The van der Waals surface area contributed by atoms with Gasteiger partial charge in [0.15, 0.2) is 11.8 Å². The van der Waals surface area contributed by atoms with Crippen LogP contribution in [0.1, 0.15) is 18.1 Å². The Morgan fingerprint density at radius 2 is 1.87 bits per heavy atom. The Kier molecular flexibility index (Phi) is 5.61. The van der Waals surface area contributed by atoms with Crippen LogP contribution in [-0.4, -0.2) is 28.8 Å². The normalized spacial score (nSPS) is 12.9. The molecule has 0 fully saturated rings. The maximum Gasteiger partial charge on any atom is 0.416 e. The van der Waals surface area contributed by atoms with E-state index < -0.39 is 41.3 Å². The second-order valence-electron chi connectivity index (χ2n) is 4.46. The number of amides is 1. The van der Waals surface area contributed by atoms with Gasteiger partial charge >= 0.3 is 12.1 Å². The van der Waals surface area contributed by atoms with Crippen molar-refractivity contribution in [2.75, 3.05) is 0 Å². The number of alkyl halides is 3. The summed E-state index contributed by atoms with van der Waals surface area (Å²) in [5, 5.41) is 10.6. The average Bonchev–Trinajstić information content (AvgIpc) is 2.41. The number of rotatable bonds is 5. The summed E-state index contributed by atoms with van der Waals surface area (Å²) in [6.45, 7) is 0.957. The first-order chi connectivity index (χ1) is 10.5. The molecule has 0 aliphatic rings. The molecule has 124 valence electrons. The van der Waals surface area contributed by atoms with E-state index in [2.05, 4.69) is 0 Å². The third kappa shape index (κ3) is 5.20. The highest BCUT2D eigenvalue weighted by atomic mass is 19.4. The zero-order valence-corrected chi connectivity index (χ0v) is 11.6. The van der Waals surface area contributed by atoms with Crippen molar-refractivity contribution in [3.63, 3.8) is 0 Å². The van der Waals surface area contributed by atoms with E-state index in [0.29, 0.717) is 12.1 Å². The highest BCUT2D eigenvalue weighted by Crippen LogP contribution is 2.30. The summed E-state index contributed by atoms with van der Waals surface area (Å²) in [7, 11) is 0. The third-order valence-corrected chi connectivity index (χ3v) is 2.68. The predicted molar refractivity (Wildman–Crippen MR) is 70.7 cm³/mol. The summed E-state index contributed by atoms with van der Waals surface area (Å²) in [5.41, 5.74) is -1.48. The zero-order valence-electron chi connectivity index (χ0n) is 11.6. The van der Waals surface area contributed by atoms with Crippen LogP contribution in [0.3, 0.4) is 0 Å². The van der Waals surface area contributed by atoms with Gasteiger partial charge in [-0.3, -0.25) is 9.59 Å². The molecule has 0 heterocycles. The molecular formula is C14H11F4NO4. The largest absolute Gasteiger partial charge is 0.479 e. The van der Waals surface area contributed by atoms with Gasteiger partial charge in [0.05, 0.1) is 5.56 Å². The lowest BCUT2D eigenvalue weighted by Crippen LogP contribution is -2.44. The van der Waals surface area contributed by atoms with Gasteiger partial charge in [0.1, 0.15) is 5.82 Å². The van der Waals surface area contributed by atoms with Crippen LogP contribution in [0.15, 0.2) is 24.3 Å². The molecule has 1 aromatic rings. The van der Waals surface area contributed by atoms with Crippen molar-refractivity contribution < 1.29 is 37.1 Å². The minimum Gasteiger partial charge on any atom is -0.479 e. The van der Waals surface area contributed by atoms with Crippen LogP contribution in [0, 0.1) is 5.82 Å². The fraction of sp³-hybridized carbons (Fsp3) is 0.214. The highest BCUT2D eigenvalue weighted by Gasteiger charge is 2.31. The van der Waals surface area contributed by atoms with Gasteiger partial charge < -0.3 is 10.4 Å². The smallest absolute Gasteiger partial charge is 0.416 e. The second kappa shape index (κ2) is 7.03. The number of benzene rings is 1. The second-order valence-corrected chi connectivity index (χ2v) is 4.46. The molecule has 1 amide bonds. The summed E-state index contributed by atoms with van der Waals surface area (Å²) in [6, 6.07) is -0.0324. The molecule has 1 unspecified atom stereocenters. The van der Waals surface area contributed by atoms with Gasteiger partial charge in [-0.25, -0.2) is 9.18 Å². The van der Waals surface area contributed by atoms with E-state index in [9.17, 15) is 31.9 Å². The van der Waals surface area contributed by atoms with Gasteiger partial charge in [-0.2, -0.15) is 13.2 Å². The molecule has 1 atom stereocenters. The highest BCUT2D eigenvalue weighted by molar-refractivity contribution is 6.06. The Morgan fingerprint density at radius 3 is 2.30 bits per heavy atom. The lowest BCUT2D eigenvalue weighted by Gasteiger charge is -2.09. The van der Waals surface area contributed by atoms with Gasteiger partial charge in [-0.15, -0.1) is 0 Å². The van der Waals surface area contributed by atoms with E-state index in [1.165, 1.54) is 0 Å². The maximum atomic E-state index is 13.5. The van der Waals surface area contributed by atoms with E-state index in [0.717, 1.165) is 19.1 Å². The summed E-state index contributed by atoms with van der Waals surface area (Å²) in [5.74, 6) is -4.60. The number of carbonyl (C=O) groups excluding carboxylic acids is 2. The minimum absolute atomic E-state index is 0.271. The quantitative estimate of drug-likeness (QED) is 0.491. The molecule has 1 rings (SSSR count). The Morgan fingerprint density at radius 1 is 1.26 bits per heavy atom. The summed E-state index contributed by atoms with van der Waals surface area (Å²) >= 11 is 0. The van der Waals surface area contributed by atoms with Crippen LogP contribution < -0.4 is 5.32 Å². The Bertz CT molecular complexity index is 653. The van der Waals surface area contributed by atoms with Crippen molar-refractivity contribution in [3.05, 3.63) is 41.2 Å². The van der Waals surface area contributed by atoms with Crippen LogP contribution in [0.25, 0.3) is 6.08 Å². The number of hydrogen-bond donors (Lipinski definition) is 2.